The molecule has 0 aliphatic heterocycles. The maximum atomic E-state index is 5.99. The zero-order valence-corrected chi connectivity index (χ0v) is 19.5. The average molecular weight is 419 g/mol. The van der Waals surface area contributed by atoms with Crippen molar-refractivity contribution in [3.8, 4) is 5.75 Å². The lowest BCUT2D eigenvalue weighted by atomic mass is 9.83. The number of benzene rings is 1. The van der Waals surface area contributed by atoms with Gasteiger partial charge in [0.1, 0.15) is 12.4 Å². The van der Waals surface area contributed by atoms with Crippen molar-refractivity contribution >= 4 is 5.96 Å². The summed E-state index contributed by atoms with van der Waals surface area (Å²) in [6, 6.07) is 8.19. The molecule has 6 heteroatoms. The summed E-state index contributed by atoms with van der Waals surface area (Å²) in [5.41, 5.74) is 1.44. The summed E-state index contributed by atoms with van der Waals surface area (Å²) in [6.07, 6.45) is 6.30. The van der Waals surface area contributed by atoms with Gasteiger partial charge in [-0.2, -0.15) is 0 Å². The number of likely N-dealkylation sites (N-methyl/N-ethyl adjacent to an activating group) is 1. The van der Waals surface area contributed by atoms with Crippen molar-refractivity contribution in [1.29, 1.82) is 0 Å². The normalized spacial score (nSPS) is 16.1. The lowest BCUT2D eigenvalue weighted by Gasteiger charge is -2.30. The quantitative estimate of drug-likeness (QED) is 0.291. The SMILES string of the molecule is CCNC(=NCc1ccccc1OCCN(C)C)NCC1(CCOCC)CCCC1. The van der Waals surface area contributed by atoms with Gasteiger partial charge in [0.15, 0.2) is 5.96 Å². The maximum Gasteiger partial charge on any atom is 0.191 e. The minimum Gasteiger partial charge on any atom is -0.492 e. The molecule has 170 valence electrons. The van der Waals surface area contributed by atoms with Crippen molar-refractivity contribution < 1.29 is 9.47 Å². The maximum absolute atomic E-state index is 5.99. The Morgan fingerprint density at radius 1 is 1.10 bits per heavy atom. The predicted molar refractivity (Wildman–Crippen MR) is 125 cm³/mol. The molecule has 0 radical (unpaired) electrons. The van der Waals surface area contributed by atoms with E-state index in [1.807, 2.05) is 18.2 Å². The molecular formula is C24H42N4O2. The average Bonchev–Trinajstić information content (AvgIpc) is 3.20. The number of rotatable bonds is 13. The third-order valence-corrected chi connectivity index (χ3v) is 5.80. The van der Waals surface area contributed by atoms with Crippen LogP contribution in [-0.4, -0.2) is 64.4 Å². The van der Waals surface area contributed by atoms with Crippen molar-refractivity contribution in [2.75, 3.05) is 53.6 Å². The second kappa shape index (κ2) is 13.5. The molecule has 2 rings (SSSR count). The summed E-state index contributed by atoms with van der Waals surface area (Å²) in [5.74, 6) is 1.80. The second-order valence-corrected chi connectivity index (χ2v) is 8.46. The Hall–Kier alpha value is -1.79. The molecule has 0 bridgehead atoms. The zero-order valence-electron chi connectivity index (χ0n) is 19.5. The van der Waals surface area contributed by atoms with Gasteiger partial charge in [0, 0.05) is 38.4 Å². The summed E-state index contributed by atoms with van der Waals surface area (Å²) < 4.78 is 11.6. The van der Waals surface area contributed by atoms with Gasteiger partial charge in [0.2, 0.25) is 0 Å². The Kier molecular flexibility index (Phi) is 11.0. The minimum atomic E-state index is 0.332. The molecule has 6 nitrogen and oxygen atoms in total. The van der Waals surface area contributed by atoms with E-state index < -0.39 is 0 Å². The first-order chi connectivity index (χ1) is 14.6. The first-order valence-corrected chi connectivity index (χ1v) is 11.5. The number of hydrogen-bond donors (Lipinski definition) is 2. The van der Waals surface area contributed by atoms with E-state index in [1.165, 1.54) is 25.7 Å². The van der Waals surface area contributed by atoms with Crippen LogP contribution in [0.3, 0.4) is 0 Å². The van der Waals surface area contributed by atoms with E-state index in [4.69, 9.17) is 14.5 Å². The van der Waals surface area contributed by atoms with E-state index >= 15 is 0 Å². The number of aliphatic imine (C=N–C) groups is 1. The van der Waals surface area contributed by atoms with Crippen LogP contribution in [0.15, 0.2) is 29.3 Å². The van der Waals surface area contributed by atoms with Crippen molar-refractivity contribution in [3.63, 3.8) is 0 Å². The van der Waals surface area contributed by atoms with E-state index in [0.717, 1.165) is 56.5 Å². The third kappa shape index (κ3) is 8.52. The fraction of sp³-hybridized carbons (Fsp3) is 0.708. The molecular weight excluding hydrogens is 376 g/mol. The first-order valence-electron chi connectivity index (χ1n) is 11.5. The molecule has 0 unspecified atom stereocenters. The molecule has 0 heterocycles. The fourth-order valence-electron chi connectivity index (χ4n) is 3.96. The predicted octanol–water partition coefficient (Wildman–Crippen LogP) is 3.67. The van der Waals surface area contributed by atoms with Crippen LogP contribution in [0, 0.1) is 5.41 Å². The van der Waals surface area contributed by atoms with E-state index in [9.17, 15) is 0 Å². The van der Waals surface area contributed by atoms with Crippen LogP contribution >= 0.6 is 0 Å². The standard InChI is InChI=1S/C24H42N4O2/c1-5-25-23(27-20-24(13-9-10-14-24)15-17-29-6-2)26-19-21-11-7-8-12-22(21)30-18-16-28(3)4/h7-8,11-12H,5-6,9-10,13-20H2,1-4H3,(H2,25,26,27). The van der Waals surface area contributed by atoms with Crippen LogP contribution in [0.5, 0.6) is 5.75 Å². The smallest absolute Gasteiger partial charge is 0.191 e. The van der Waals surface area contributed by atoms with E-state index in [-0.39, 0.29) is 0 Å². The lowest BCUT2D eigenvalue weighted by Crippen LogP contribution is -2.43. The molecule has 2 N–H and O–H groups in total. The number of hydrogen-bond acceptors (Lipinski definition) is 4. The van der Waals surface area contributed by atoms with E-state index in [1.54, 1.807) is 0 Å². The highest BCUT2D eigenvalue weighted by molar-refractivity contribution is 5.79. The summed E-state index contributed by atoms with van der Waals surface area (Å²) in [4.78, 5) is 6.97. The molecule has 1 aliphatic carbocycles. The van der Waals surface area contributed by atoms with Gasteiger partial charge in [0.05, 0.1) is 6.54 Å². The summed E-state index contributed by atoms with van der Waals surface area (Å²) in [7, 11) is 4.11. The topological polar surface area (TPSA) is 58.1 Å². The molecule has 1 fully saturated rings. The highest BCUT2D eigenvalue weighted by Crippen LogP contribution is 2.40. The molecule has 0 spiro atoms. The first kappa shape index (κ1) is 24.5. The Morgan fingerprint density at radius 3 is 2.57 bits per heavy atom. The highest BCUT2D eigenvalue weighted by Gasteiger charge is 2.33. The van der Waals surface area contributed by atoms with E-state index in [2.05, 4.69) is 49.5 Å². The lowest BCUT2D eigenvalue weighted by molar-refractivity contribution is 0.105. The number of nitrogens with zero attached hydrogens (tertiary/aromatic N) is 2. The fourth-order valence-corrected chi connectivity index (χ4v) is 3.96. The molecule has 1 aliphatic rings. The Labute approximate surface area is 183 Å². The highest BCUT2D eigenvalue weighted by atomic mass is 16.5. The number of para-hydroxylation sites is 1. The van der Waals surface area contributed by atoms with Crippen molar-refractivity contribution in [1.82, 2.24) is 15.5 Å². The molecule has 0 amide bonds. The minimum absolute atomic E-state index is 0.332. The van der Waals surface area contributed by atoms with Gasteiger partial charge < -0.3 is 25.0 Å². The Morgan fingerprint density at radius 2 is 1.87 bits per heavy atom. The largest absolute Gasteiger partial charge is 0.492 e. The van der Waals surface area contributed by atoms with Gasteiger partial charge in [-0.15, -0.1) is 0 Å². The molecule has 0 aromatic heterocycles. The number of guanidine groups is 1. The van der Waals surface area contributed by atoms with E-state index in [0.29, 0.717) is 18.6 Å². The second-order valence-electron chi connectivity index (χ2n) is 8.46. The number of ether oxygens (including phenoxy) is 2. The molecule has 30 heavy (non-hydrogen) atoms. The van der Waals surface area contributed by atoms with Crippen molar-refractivity contribution in [2.24, 2.45) is 10.4 Å². The summed E-state index contributed by atoms with van der Waals surface area (Å²) >= 11 is 0. The van der Waals surface area contributed by atoms with Gasteiger partial charge in [-0.25, -0.2) is 4.99 Å². The van der Waals surface area contributed by atoms with Gasteiger partial charge in [0.25, 0.3) is 0 Å². The Balaban J connectivity index is 1.97. The van der Waals surface area contributed by atoms with Gasteiger partial charge >= 0.3 is 0 Å². The summed E-state index contributed by atoms with van der Waals surface area (Å²) in [5, 5.41) is 7.01. The van der Waals surface area contributed by atoms with Crippen LogP contribution in [0.1, 0.15) is 51.5 Å². The molecule has 1 aromatic carbocycles. The molecule has 0 saturated heterocycles. The molecule has 1 saturated carbocycles. The molecule has 0 atom stereocenters. The Bertz CT molecular complexity index is 627. The van der Waals surface area contributed by atoms with Gasteiger partial charge in [-0.05, 0) is 58.7 Å². The summed E-state index contributed by atoms with van der Waals surface area (Å²) in [6.45, 7) is 9.78. The van der Waals surface area contributed by atoms with Crippen LogP contribution in [0.25, 0.3) is 0 Å². The van der Waals surface area contributed by atoms with Crippen LogP contribution < -0.4 is 15.4 Å². The zero-order chi connectivity index (χ0) is 21.7. The van der Waals surface area contributed by atoms with Gasteiger partial charge in [-0.3, -0.25) is 0 Å². The van der Waals surface area contributed by atoms with Crippen LogP contribution in [0.4, 0.5) is 0 Å². The monoisotopic (exact) mass is 418 g/mol. The van der Waals surface area contributed by atoms with Crippen LogP contribution in [-0.2, 0) is 11.3 Å². The molecule has 1 aromatic rings. The number of nitrogens with one attached hydrogen (secondary N) is 2. The van der Waals surface area contributed by atoms with Crippen molar-refractivity contribution in [3.05, 3.63) is 29.8 Å². The van der Waals surface area contributed by atoms with Gasteiger partial charge in [-0.1, -0.05) is 31.0 Å². The van der Waals surface area contributed by atoms with Crippen LogP contribution in [0.2, 0.25) is 0 Å². The third-order valence-electron chi connectivity index (χ3n) is 5.80. The van der Waals surface area contributed by atoms with Crippen molar-refractivity contribution in [2.45, 2.75) is 52.5 Å².